The number of hydrogen-bond donors (Lipinski definition) is 0. The number of hydrogen-bond acceptors (Lipinski definition) is 6. The third-order valence-corrected chi connectivity index (χ3v) is 4.90. The predicted molar refractivity (Wildman–Crippen MR) is 99.8 cm³/mol. The third-order valence-electron chi connectivity index (χ3n) is 4.04. The fourth-order valence-corrected chi connectivity index (χ4v) is 3.43. The van der Waals surface area contributed by atoms with Gasteiger partial charge in [0.05, 0.1) is 11.3 Å². The Bertz CT molecular complexity index is 1030. The van der Waals surface area contributed by atoms with Crippen LogP contribution in [0.15, 0.2) is 64.4 Å². The van der Waals surface area contributed by atoms with E-state index in [0.29, 0.717) is 11.8 Å². The monoisotopic (exact) mass is 364 g/mol. The molecule has 0 aliphatic carbocycles. The summed E-state index contributed by atoms with van der Waals surface area (Å²) in [6.07, 6.45) is -0.406. The van der Waals surface area contributed by atoms with Crippen molar-refractivity contribution in [1.82, 2.24) is 10.2 Å². The van der Waals surface area contributed by atoms with Crippen LogP contribution in [-0.2, 0) is 16.0 Å². The molecule has 0 saturated heterocycles. The van der Waals surface area contributed by atoms with E-state index < -0.39 is 6.10 Å². The summed E-state index contributed by atoms with van der Waals surface area (Å²) in [5.74, 6) is 0.399. The second-order valence-electron chi connectivity index (χ2n) is 5.87. The van der Waals surface area contributed by atoms with Gasteiger partial charge in [-0.15, -0.1) is 21.5 Å². The van der Waals surface area contributed by atoms with Crippen molar-refractivity contribution in [1.29, 1.82) is 0 Å². The number of carbonyl (C=O) groups excluding carboxylic acids is 1. The molecule has 6 heteroatoms. The van der Waals surface area contributed by atoms with Crippen molar-refractivity contribution in [2.24, 2.45) is 0 Å². The number of nitrogens with zero attached hydrogens (tertiary/aromatic N) is 2. The van der Waals surface area contributed by atoms with Crippen molar-refractivity contribution in [3.05, 3.63) is 71.4 Å². The SMILES string of the molecule is C[C@H](OC(=O)Cc1cccc2ccccc12)c1nnc(-c2cccs2)o1. The number of fused-ring (bicyclic) bond motifs is 1. The molecule has 0 fully saturated rings. The second-order valence-corrected chi connectivity index (χ2v) is 6.82. The van der Waals surface area contributed by atoms with Gasteiger partial charge >= 0.3 is 5.97 Å². The summed E-state index contributed by atoms with van der Waals surface area (Å²) in [4.78, 5) is 13.3. The van der Waals surface area contributed by atoms with Crippen LogP contribution >= 0.6 is 11.3 Å². The number of ether oxygens (including phenoxy) is 1. The first-order valence-electron chi connectivity index (χ1n) is 8.24. The van der Waals surface area contributed by atoms with Gasteiger partial charge in [-0.05, 0) is 34.7 Å². The molecule has 0 unspecified atom stereocenters. The summed E-state index contributed by atoms with van der Waals surface area (Å²) >= 11 is 1.51. The highest BCUT2D eigenvalue weighted by Gasteiger charge is 2.20. The number of rotatable bonds is 5. The average Bonchev–Trinajstić information content (AvgIpc) is 3.33. The average molecular weight is 364 g/mol. The molecule has 0 aliphatic rings. The molecule has 0 bridgehead atoms. The molecule has 26 heavy (non-hydrogen) atoms. The maximum atomic E-state index is 12.4. The molecule has 2 heterocycles. The summed E-state index contributed by atoms with van der Waals surface area (Å²) < 4.78 is 11.1. The minimum Gasteiger partial charge on any atom is -0.452 e. The maximum absolute atomic E-state index is 12.4. The fraction of sp³-hybridized carbons (Fsp3) is 0.150. The van der Waals surface area contributed by atoms with Gasteiger partial charge in [0.1, 0.15) is 0 Å². The van der Waals surface area contributed by atoms with E-state index in [0.717, 1.165) is 21.2 Å². The summed E-state index contributed by atoms with van der Waals surface area (Å²) in [7, 11) is 0. The smallest absolute Gasteiger partial charge is 0.311 e. The van der Waals surface area contributed by atoms with E-state index in [1.165, 1.54) is 11.3 Å². The van der Waals surface area contributed by atoms with Crippen LogP contribution in [0.25, 0.3) is 21.5 Å². The van der Waals surface area contributed by atoms with E-state index in [2.05, 4.69) is 10.2 Å². The van der Waals surface area contributed by atoms with E-state index in [-0.39, 0.29) is 12.4 Å². The van der Waals surface area contributed by atoms with Crippen LogP contribution in [0, 0.1) is 0 Å². The highest BCUT2D eigenvalue weighted by atomic mass is 32.1. The molecule has 5 nitrogen and oxygen atoms in total. The van der Waals surface area contributed by atoms with Crippen LogP contribution in [0.2, 0.25) is 0 Å². The quantitative estimate of drug-likeness (QED) is 0.476. The number of benzene rings is 2. The summed E-state index contributed by atoms with van der Waals surface area (Å²) in [5, 5.41) is 12.1. The summed E-state index contributed by atoms with van der Waals surface area (Å²) in [5.41, 5.74) is 0.935. The Morgan fingerprint density at radius 1 is 1.12 bits per heavy atom. The lowest BCUT2D eigenvalue weighted by molar-refractivity contribution is -0.148. The number of thiophene rings is 1. The standard InChI is InChI=1S/C20H16N2O3S/c1-13(19-21-22-20(25-19)17-10-5-11-26-17)24-18(23)12-15-8-4-7-14-6-2-3-9-16(14)15/h2-11,13H,12H2,1H3/t13-/m0/s1. The van der Waals surface area contributed by atoms with Crippen LogP contribution in [0.5, 0.6) is 0 Å². The molecule has 2 aromatic heterocycles. The minimum atomic E-state index is -0.598. The topological polar surface area (TPSA) is 65.2 Å². The Morgan fingerprint density at radius 2 is 1.96 bits per heavy atom. The van der Waals surface area contributed by atoms with Crippen LogP contribution in [-0.4, -0.2) is 16.2 Å². The molecular formula is C20H16N2O3S. The van der Waals surface area contributed by atoms with Crippen molar-refractivity contribution in [3.8, 4) is 10.8 Å². The Morgan fingerprint density at radius 3 is 2.81 bits per heavy atom. The Balaban J connectivity index is 1.46. The van der Waals surface area contributed by atoms with Gasteiger partial charge in [-0.3, -0.25) is 4.79 Å². The Labute approximate surface area is 154 Å². The lowest BCUT2D eigenvalue weighted by atomic mass is 10.0. The molecule has 2 aromatic carbocycles. The third kappa shape index (κ3) is 3.36. The van der Waals surface area contributed by atoms with E-state index >= 15 is 0 Å². The Hall–Kier alpha value is -2.99. The molecule has 4 aromatic rings. The van der Waals surface area contributed by atoms with Crippen molar-refractivity contribution in [3.63, 3.8) is 0 Å². The highest BCUT2D eigenvalue weighted by Crippen LogP contribution is 2.26. The molecule has 0 N–H and O–H groups in total. The number of esters is 1. The number of aromatic nitrogens is 2. The molecule has 4 rings (SSSR count). The van der Waals surface area contributed by atoms with Crippen LogP contribution in [0.3, 0.4) is 0 Å². The van der Waals surface area contributed by atoms with Gasteiger partial charge in [-0.2, -0.15) is 0 Å². The van der Waals surface area contributed by atoms with Gasteiger partial charge in [-0.1, -0.05) is 48.5 Å². The zero-order chi connectivity index (χ0) is 17.9. The first-order valence-corrected chi connectivity index (χ1v) is 9.12. The van der Waals surface area contributed by atoms with E-state index in [9.17, 15) is 4.79 Å². The van der Waals surface area contributed by atoms with E-state index in [4.69, 9.17) is 9.15 Å². The zero-order valence-electron chi connectivity index (χ0n) is 14.1. The van der Waals surface area contributed by atoms with Crippen molar-refractivity contribution >= 4 is 28.1 Å². The fourth-order valence-electron chi connectivity index (χ4n) is 2.79. The lowest BCUT2D eigenvalue weighted by Crippen LogP contribution is -2.12. The largest absolute Gasteiger partial charge is 0.452 e. The molecule has 130 valence electrons. The zero-order valence-corrected chi connectivity index (χ0v) is 14.9. The van der Waals surface area contributed by atoms with E-state index in [1.807, 2.05) is 60.0 Å². The van der Waals surface area contributed by atoms with Crippen molar-refractivity contribution in [2.75, 3.05) is 0 Å². The van der Waals surface area contributed by atoms with Gasteiger partial charge in [-0.25, -0.2) is 0 Å². The van der Waals surface area contributed by atoms with Crippen molar-refractivity contribution in [2.45, 2.75) is 19.4 Å². The van der Waals surface area contributed by atoms with E-state index in [1.54, 1.807) is 6.92 Å². The first-order chi connectivity index (χ1) is 12.7. The first kappa shape index (κ1) is 16.5. The van der Waals surface area contributed by atoms with Gasteiger partial charge < -0.3 is 9.15 Å². The summed E-state index contributed by atoms with van der Waals surface area (Å²) in [6, 6.07) is 17.7. The lowest BCUT2D eigenvalue weighted by Gasteiger charge is -2.10. The minimum absolute atomic E-state index is 0.192. The Kier molecular flexibility index (Phi) is 4.50. The van der Waals surface area contributed by atoms with Gasteiger partial charge in [0.2, 0.25) is 0 Å². The van der Waals surface area contributed by atoms with Gasteiger partial charge in [0, 0.05) is 0 Å². The molecule has 0 radical (unpaired) electrons. The molecule has 0 amide bonds. The molecular weight excluding hydrogens is 348 g/mol. The molecule has 0 aliphatic heterocycles. The van der Waals surface area contributed by atoms with Gasteiger partial charge in [0.25, 0.3) is 11.8 Å². The maximum Gasteiger partial charge on any atom is 0.311 e. The molecule has 1 atom stereocenters. The van der Waals surface area contributed by atoms with Crippen LogP contribution < -0.4 is 0 Å². The van der Waals surface area contributed by atoms with Crippen molar-refractivity contribution < 1.29 is 13.9 Å². The second kappa shape index (κ2) is 7.09. The normalized spacial score (nSPS) is 12.2. The van der Waals surface area contributed by atoms with Crippen LogP contribution in [0.4, 0.5) is 0 Å². The van der Waals surface area contributed by atoms with Gasteiger partial charge in [0.15, 0.2) is 6.10 Å². The molecule has 0 spiro atoms. The number of carbonyl (C=O) groups is 1. The predicted octanol–water partition coefficient (Wildman–Crippen LogP) is 4.80. The molecule has 0 saturated carbocycles. The summed E-state index contributed by atoms with van der Waals surface area (Å²) in [6.45, 7) is 1.73. The highest BCUT2D eigenvalue weighted by molar-refractivity contribution is 7.13. The van der Waals surface area contributed by atoms with Crippen LogP contribution in [0.1, 0.15) is 24.5 Å².